The molecular formula is C19H20Cl2N4O2S. The number of likely N-dealkylation sites (tertiary alicyclic amines) is 1. The summed E-state index contributed by atoms with van der Waals surface area (Å²) in [6, 6.07) is 5.65. The molecule has 1 aromatic carbocycles. The van der Waals surface area contributed by atoms with Crippen LogP contribution in [0.15, 0.2) is 24.4 Å². The third kappa shape index (κ3) is 3.52. The van der Waals surface area contributed by atoms with Crippen molar-refractivity contribution in [3.63, 3.8) is 0 Å². The molecule has 148 valence electrons. The molecule has 1 unspecified atom stereocenters. The summed E-state index contributed by atoms with van der Waals surface area (Å²) in [4.78, 5) is 33.3. The first-order valence-corrected chi connectivity index (χ1v) is 10.6. The molecule has 9 heteroatoms. The van der Waals surface area contributed by atoms with Crippen molar-refractivity contribution in [1.29, 1.82) is 0 Å². The van der Waals surface area contributed by atoms with Gasteiger partial charge in [-0.1, -0.05) is 23.2 Å². The minimum Gasteiger partial charge on any atom is -0.341 e. The molecule has 2 amide bonds. The zero-order valence-corrected chi connectivity index (χ0v) is 17.7. The molecule has 2 aliphatic heterocycles. The van der Waals surface area contributed by atoms with Crippen molar-refractivity contribution < 1.29 is 9.59 Å². The molecule has 1 saturated heterocycles. The predicted octanol–water partition coefficient (Wildman–Crippen LogP) is 2.73. The fourth-order valence-electron chi connectivity index (χ4n) is 4.16. The van der Waals surface area contributed by atoms with Crippen LogP contribution < -0.4 is 10.2 Å². The van der Waals surface area contributed by atoms with Crippen LogP contribution in [0.25, 0.3) is 0 Å². The normalized spacial score (nSPS) is 20.8. The number of thiazole rings is 1. The zero-order chi connectivity index (χ0) is 19.9. The Balaban J connectivity index is 1.62. The number of nitrogens with zero attached hydrogens (tertiary/aromatic N) is 3. The van der Waals surface area contributed by atoms with Crippen molar-refractivity contribution in [2.75, 3.05) is 38.1 Å². The SMILES string of the molecule is CNCC(=O)N1CCC2(C1)CN(C(=O)Cc1ncc(Cl)s1)c1ccc(Cl)cc12. The van der Waals surface area contributed by atoms with Crippen molar-refractivity contribution in [3.8, 4) is 0 Å². The first-order chi connectivity index (χ1) is 13.4. The monoisotopic (exact) mass is 438 g/mol. The molecule has 0 radical (unpaired) electrons. The fraction of sp³-hybridized carbons (Fsp3) is 0.421. The van der Waals surface area contributed by atoms with E-state index in [-0.39, 0.29) is 23.7 Å². The van der Waals surface area contributed by atoms with E-state index < -0.39 is 0 Å². The smallest absolute Gasteiger partial charge is 0.236 e. The van der Waals surface area contributed by atoms with E-state index in [1.807, 2.05) is 21.9 Å². The molecule has 28 heavy (non-hydrogen) atoms. The van der Waals surface area contributed by atoms with Crippen molar-refractivity contribution in [2.45, 2.75) is 18.3 Å². The maximum Gasteiger partial charge on any atom is 0.236 e. The lowest BCUT2D eigenvalue weighted by Crippen LogP contribution is -2.42. The molecule has 1 aromatic heterocycles. The summed E-state index contributed by atoms with van der Waals surface area (Å²) in [6.07, 6.45) is 2.58. The number of halogens is 2. The van der Waals surface area contributed by atoms with Crippen LogP contribution in [0, 0.1) is 0 Å². The molecule has 2 aliphatic rings. The number of hydrogen-bond donors (Lipinski definition) is 1. The van der Waals surface area contributed by atoms with Crippen LogP contribution in [0.3, 0.4) is 0 Å². The van der Waals surface area contributed by atoms with Crippen LogP contribution >= 0.6 is 34.5 Å². The van der Waals surface area contributed by atoms with E-state index in [0.717, 1.165) is 17.7 Å². The minimum absolute atomic E-state index is 0.0218. The summed E-state index contributed by atoms with van der Waals surface area (Å²) in [5.74, 6) is 0.0524. The Morgan fingerprint density at radius 2 is 2.11 bits per heavy atom. The van der Waals surface area contributed by atoms with Crippen LogP contribution in [0.4, 0.5) is 5.69 Å². The summed E-state index contributed by atoms with van der Waals surface area (Å²) in [5, 5.41) is 4.25. The van der Waals surface area contributed by atoms with Crippen molar-refractivity contribution in [2.24, 2.45) is 0 Å². The molecule has 1 N–H and O–H groups in total. The first kappa shape index (κ1) is 19.6. The Hall–Kier alpha value is -1.67. The Morgan fingerprint density at radius 1 is 1.29 bits per heavy atom. The molecule has 0 aliphatic carbocycles. The Morgan fingerprint density at radius 3 is 2.82 bits per heavy atom. The maximum absolute atomic E-state index is 13.1. The number of likely N-dealkylation sites (N-methyl/N-ethyl adjacent to an activating group) is 1. The summed E-state index contributed by atoms with van der Waals surface area (Å²) in [7, 11) is 1.76. The third-order valence-electron chi connectivity index (χ3n) is 5.44. The van der Waals surface area contributed by atoms with Gasteiger partial charge in [0.25, 0.3) is 0 Å². The number of rotatable bonds is 4. The van der Waals surface area contributed by atoms with Gasteiger partial charge in [0, 0.05) is 35.8 Å². The second-order valence-corrected chi connectivity index (χ2v) is 9.44. The minimum atomic E-state index is -0.278. The summed E-state index contributed by atoms with van der Waals surface area (Å²) < 4.78 is 0.572. The third-order valence-corrected chi connectivity index (χ3v) is 6.79. The number of amides is 2. The topological polar surface area (TPSA) is 65.5 Å². The molecule has 2 aromatic rings. The fourth-order valence-corrected chi connectivity index (χ4v) is 5.28. The summed E-state index contributed by atoms with van der Waals surface area (Å²) in [6.45, 7) is 2.13. The lowest BCUT2D eigenvalue weighted by atomic mass is 9.81. The second-order valence-electron chi connectivity index (χ2n) is 7.25. The number of benzene rings is 1. The molecule has 3 heterocycles. The van der Waals surface area contributed by atoms with Crippen molar-refractivity contribution in [3.05, 3.63) is 44.3 Å². The average molecular weight is 439 g/mol. The van der Waals surface area contributed by atoms with Gasteiger partial charge in [0.2, 0.25) is 11.8 Å². The number of aromatic nitrogens is 1. The van der Waals surface area contributed by atoms with Gasteiger partial charge in [-0.3, -0.25) is 9.59 Å². The standard InChI is InChI=1S/C19H20Cl2N4O2S/c1-22-9-18(27)24-5-4-19(10-24)11-25(14-3-2-12(20)6-13(14)19)17(26)7-16-23-8-15(21)28-16/h2-3,6,8,22H,4-5,7,9-11H2,1H3. The number of carbonyl (C=O) groups excluding carboxylic acids is 2. The number of nitrogens with one attached hydrogen (secondary N) is 1. The zero-order valence-electron chi connectivity index (χ0n) is 15.4. The highest BCUT2D eigenvalue weighted by atomic mass is 35.5. The molecule has 4 rings (SSSR count). The quantitative estimate of drug-likeness (QED) is 0.796. The van der Waals surface area contributed by atoms with Crippen molar-refractivity contribution >= 4 is 52.0 Å². The van der Waals surface area contributed by atoms with Gasteiger partial charge in [0.05, 0.1) is 19.2 Å². The van der Waals surface area contributed by atoms with E-state index in [9.17, 15) is 9.59 Å². The number of carbonyl (C=O) groups is 2. The van der Waals surface area contributed by atoms with Gasteiger partial charge in [-0.05, 0) is 37.2 Å². The molecule has 0 bridgehead atoms. The summed E-state index contributed by atoms with van der Waals surface area (Å²) >= 11 is 13.5. The largest absolute Gasteiger partial charge is 0.341 e. The number of fused-ring (bicyclic) bond motifs is 2. The summed E-state index contributed by atoms with van der Waals surface area (Å²) in [5.41, 5.74) is 1.64. The van der Waals surface area contributed by atoms with Crippen LogP contribution in [0.5, 0.6) is 0 Å². The van der Waals surface area contributed by atoms with Gasteiger partial charge in [0.15, 0.2) is 0 Å². The van der Waals surface area contributed by atoms with Crippen LogP contribution in [-0.4, -0.2) is 54.9 Å². The van der Waals surface area contributed by atoms with Crippen molar-refractivity contribution in [1.82, 2.24) is 15.2 Å². The van der Waals surface area contributed by atoms with Gasteiger partial charge < -0.3 is 15.1 Å². The molecule has 1 atom stereocenters. The van der Waals surface area contributed by atoms with E-state index >= 15 is 0 Å². The second kappa shape index (κ2) is 7.63. The molecule has 1 fully saturated rings. The van der Waals surface area contributed by atoms with Gasteiger partial charge in [0.1, 0.15) is 9.34 Å². The molecule has 6 nitrogen and oxygen atoms in total. The number of anilines is 1. The average Bonchev–Trinajstić information content (AvgIpc) is 3.35. The van der Waals surface area contributed by atoms with E-state index in [1.54, 1.807) is 19.3 Å². The Bertz CT molecular complexity index is 934. The maximum atomic E-state index is 13.1. The highest BCUT2D eigenvalue weighted by molar-refractivity contribution is 7.15. The Kier molecular flexibility index (Phi) is 5.35. The van der Waals surface area contributed by atoms with E-state index in [0.29, 0.717) is 40.5 Å². The predicted molar refractivity (Wildman–Crippen MR) is 111 cm³/mol. The van der Waals surface area contributed by atoms with Gasteiger partial charge in [-0.15, -0.1) is 11.3 Å². The molecule has 1 spiro atoms. The number of hydrogen-bond acceptors (Lipinski definition) is 5. The van der Waals surface area contributed by atoms with Gasteiger partial charge in [-0.25, -0.2) is 4.98 Å². The highest BCUT2D eigenvalue weighted by Crippen LogP contribution is 2.47. The molecular weight excluding hydrogens is 419 g/mol. The lowest BCUT2D eigenvalue weighted by Gasteiger charge is -2.26. The van der Waals surface area contributed by atoms with Crippen LogP contribution in [0.1, 0.15) is 17.0 Å². The first-order valence-electron chi connectivity index (χ1n) is 9.05. The van der Waals surface area contributed by atoms with E-state index in [4.69, 9.17) is 23.2 Å². The van der Waals surface area contributed by atoms with Crippen LogP contribution in [-0.2, 0) is 21.4 Å². The highest BCUT2D eigenvalue weighted by Gasteiger charge is 2.49. The molecule has 0 saturated carbocycles. The van der Waals surface area contributed by atoms with E-state index in [2.05, 4.69) is 10.3 Å². The van der Waals surface area contributed by atoms with Gasteiger partial charge in [-0.2, -0.15) is 0 Å². The van der Waals surface area contributed by atoms with Crippen LogP contribution in [0.2, 0.25) is 9.36 Å². The van der Waals surface area contributed by atoms with Gasteiger partial charge >= 0.3 is 0 Å². The van der Waals surface area contributed by atoms with E-state index in [1.165, 1.54) is 11.3 Å². The Labute approximate surface area is 177 Å². The lowest BCUT2D eigenvalue weighted by molar-refractivity contribution is -0.129.